The van der Waals surface area contributed by atoms with Crippen molar-refractivity contribution < 1.29 is 0 Å². The van der Waals surface area contributed by atoms with E-state index in [0.29, 0.717) is 12.6 Å². The Kier molecular flexibility index (Phi) is 4.49. The highest BCUT2D eigenvalue weighted by molar-refractivity contribution is 5.31. The fourth-order valence-electron chi connectivity index (χ4n) is 2.38. The Hall–Kier alpha value is -1.20. The Morgan fingerprint density at radius 2 is 2.06 bits per heavy atom. The summed E-state index contributed by atoms with van der Waals surface area (Å²) in [5.74, 6) is 0.849. The second-order valence-corrected chi connectivity index (χ2v) is 4.92. The zero-order valence-corrected chi connectivity index (χ0v) is 11.3. The summed E-state index contributed by atoms with van der Waals surface area (Å²) in [7, 11) is 2.19. The van der Waals surface area contributed by atoms with Gasteiger partial charge >= 0.3 is 0 Å². The molecule has 1 aromatic heterocycles. The zero-order valence-electron chi connectivity index (χ0n) is 11.3. The molecular formula is C13H23N5. The normalized spacial score (nSPS) is 21.3. The van der Waals surface area contributed by atoms with Gasteiger partial charge in [-0.05, 0) is 32.0 Å². The minimum Gasteiger partial charge on any atom is -0.338 e. The lowest BCUT2D eigenvalue weighted by molar-refractivity contribution is 0.212. The van der Waals surface area contributed by atoms with Gasteiger partial charge in [-0.3, -0.25) is 4.90 Å². The molecule has 2 N–H and O–H groups in total. The topological polar surface area (TPSA) is 58.3 Å². The summed E-state index contributed by atoms with van der Waals surface area (Å²) in [6.45, 7) is 5.98. The average Bonchev–Trinajstić information content (AvgIpc) is 2.41. The number of rotatable bonds is 4. The predicted octanol–water partition coefficient (Wildman–Crippen LogP) is 0.508. The van der Waals surface area contributed by atoms with E-state index in [1.54, 1.807) is 0 Å². The van der Waals surface area contributed by atoms with Crippen molar-refractivity contribution in [2.75, 3.05) is 38.1 Å². The maximum atomic E-state index is 5.52. The molecule has 1 aromatic rings. The zero-order chi connectivity index (χ0) is 13.0. The maximum Gasteiger partial charge on any atom is 0.225 e. The van der Waals surface area contributed by atoms with Gasteiger partial charge in [0.2, 0.25) is 5.95 Å². The molecule has 1 saturated heterocycles. The largest absolute Gasteiger partial charge is 0.338 e. The molecule has 0 amide bonds. The van der Waals surface area contributed by atoms with Crippen LogP contribution in [0.3, 0.4) is 0 Å². The monoisotopic (exact) mass is 249 g/mol. The summed E-state index contributed by atoms with van der Waals surface area (Å²) < 4.78 is 0. The van der Waals surface area contributed by atoms with Crippen LogP contribution in [0, 0.1) is 0 Å². The lowest BCUT2D eigenvalue weighted by Gasteiger charge is -2.39. The van der Waals surface area contributed by atoms with E-state index in [1.165, 1.54) is 0 Å². The van der Waals surface area contributed by atoms with E-state index in [2.05, 4.69) is 33.7 Å². The molecule has 1 aliphatic rings. The SMILES string of the molecule is CCC1CN(c2ncc(CCN)cn2)CCN1C. The molecule has 2 rings (SSSR count). The third-order valence-corrected chi connectivity index (χ3v) is 3.66. The average molecular weight is 249 g/mol. The summed E-state index contributed by atoms with van der Waals surface area (Å²) >= 11 is 0. The van der Waals surface area contributed by atoms with Crippen LogP contribution in [0.1, 0.15) is 18.9 Å². The number of nitrogens with two attached hydrogens (primary N) is 1. The van der Waals surface area contributed by atoms with Crippen LogP contribution < -0.4 is 10.6 Å². The van der Waals surface area contributed by atoms with E-state index in [4.69, 9.17) is 5.73 Å². The van der Waals surface area contributed by atoms with E-state index < -0.39 is 0 Å². The van der Waals surface area contributed by atoms with Gasteiger partial charge in [-0.1, -0.05) is 6.92 Å². The van der Waals surface area contributed by atoms with Crippen molar-refractivity contribution in [3.63, 3.8) is 0 Å². The number of nitrogens with zero attached hydrogens (tertiary/aromatic N) is 4. The van der Waals surface area contributed by atoms with Gasteiger partial charge in [0.05, 0.1) is 0 Å². The van der Waals surface area contributed by atoms with Gasteiger partial charge in [0, 0.05) is 38.1 Å². The molecule has 1 aliphatic heterocycles. The van der Waals surface area contributed by atoms with E-state index in [9.17, 15) is 0 Å². The molecule has 18 heavy (non-hydrogen) atoms. The van der Waals surface area contributed by atoms with Gasteiger partial charge in [0.1, 0.15) is 0 Å². The van der Waals surface area contributed by atoms with Crippen molar-refractivity contribution in [2.24, 2.45) is 5.73 Å². The summed E-state index contributed by atoms with van der Waals surface area (Å²) in [5.41, 5.74) is 6.63. The van der Waals surface area contributed by atoms with Crippen LogP contribution in [0.15, 0.2) is 12.4 Å². The third-order valence-electron chi connectivity index (χ3n) is 3.66. The predicted molar refractivity (Wildman–Crippen MR) is 73.7 cm³/mol. The van der Waals surface area contributed by atoms with Crippen LogP contribution in [0.25, 0.3) is 0 Å². The van der Waals surface area contributed by atoms with E-state index >= 15 is 0 Å². The molecule has 0 aromatic carbocycles. The van der Waals surface area contributed by atoms with Crippen LogP contribution in [0.5, 0.6) is 0 Å². The van der Waals surface area contributed by atoms with Crippen LogP contribution in [0.4, 0.5) is 5.95 Å². The number of anilines is 1. The standard InChI is InChI=1S/C13H23N5/c1-3-12-10-18(7-6-17(12)2)13-15-8-11(4-5-14)9-16-13/h8-9,12H,3-7,10,14H2,1-2H3. The van der Waals surface area contributed by atoms with Gasteiger partial charge in [-0.25, -0.2) is 9.97 Å². The quantitative estimate of drug-likeness (QED) is 0.842. The number of piperazine rings is 1. The van der Waals surface area contributed by atoms with E-state index in [-0.39, 0.29) is 0 Å². The highest BCUT2D eigenvalue weighted by Crippen LogP contribution is 2.15. The first-order valence-electron chi connectivity index (χ1n) is 6.70. The summed E-state index contributed by atoms with van der Waals surface area (Å²) in [6.07, 6.45) is 5.81. The summed E-state index contributed by atoms with van der Waals surface area (Å²) in [4.78, 5) is 13.6. The smallest absolute Gasteiger partial charge is 0.225 e. The van der Waals surface area contributed by atoms with Gasteiger partial charge in [0.25, 0.3) is 0 Å². The fourth-order valence-corrected chi connectivity index (χ4v) is 2.38. The second kappa shape index (κ2) is 6.11. The summed E-state index contributed by atoms with van der Waals surface area (Å²) in [5, 5.41) is 0. The summed E-state index contributed by atoms with van der Waals surface area (Å²) in [6, 6.07) is 0.603. The minimum absolute atomic E-state index is 0.603. The molecule has 100 valence electrons. The first-order chi connectivity index (χ1) is 8.74. The first-order valence-corrected chi connectivity index (χ1v) is 6.70. The van der Waals surface area contributed by atoms with E-state index in [1.807, 2.05) is 12.4 Å². The molecule has 5 heteroatoms. The van der Waals surface area contributed by atoms with Gasteiger partial charge in [0.15, 0.2) is 0 Å². The lowest BCUT2D eigenvalue weighted by Crippen LogP contribution is -2.51. The Morgan fingerprint density at radius 3 is 2.67 bits per heavy atom. The molecule has 0 radical (unpaired) electrons. The lowest BCUT2D eigenvalue weighted by atomic mass is 10.1. The molecule has 0 spiro atoms. The molecule has 1 fully saturated rings. The molecule has 0 aliphatic carbocycles. The van der Waals surface area contributed by atoms with Crippen LogP contribution in [0.2, 0.25) is 0 Å². The van der Waals surface area contributed by atoms with Crippen molar-refractivity contribution in [2.45, 2.75) is 25.8 Å². The minimum atomic E-state index is 0.603. The van der Waals surface area contributed by atoms with Gasteiger partial charge in [-0.2, -0.15) is 0 Å². The Morgan fingerprint density at radius 1 is 1.33 bits per heavy atom. The molecule has 5 nitrogen and oxygen atoms in total. The highest BCUT2D eigenvalue weighted by Gasteiger charge is 2.24. The molecule has 0 saturated carbocycles. The van der Waals surface area contributed by atoms with E-state index in [0.717, 1.165) is 44.0 Å². The Labute approximate surface area is 109 Å². The van der Waals surface area contributed by atoms with Crippen molar-refractivity contribution in [1.29, 1.82) is 0 Å². The van der Waals surface area contributed by atoms with Crippen molar-refractivity contribution in [3.05, 3.63) is 18.0 Å². The van der Waals surface area contributed by atoms with Gasteiger partial charge in [-0.15, -0.1) is 0 Å². The van der Waals surface area contributed by atoms with Crippen molar-refractivity contribution in [1.82, 2.24) is 14.9 Å². The second-order valence-electron chi connectivity index (χ2n) is 4.92. The fraction of sp³-hybridized carbons (Fsp3) is 0.692. The van der Waals surface area contributed by atoms with Crippen molar-refractivity contribution in [3.8, 4) is 0 Å². The number of hydrogen-bond donors (Lipinski definition) is 1. The van der Waals surface area contributed by atoms with Crippen LogP contribution in [-0.4, -0.2) is 54.1 Å². The third kappa shape index (κ3) is 2.97. The maximum absolute atomic E-state index is 5.52. The van der Waals surface area contributed by atoms with Crippen molar-refractivity contribution >= 4 is 5.95 Å². The molecular weight excluding hydrogens is 226 g/mol. The first kappa shape index (κ1) is 13.2. The number of aromatic nitrogens is 2. The van der Waals surface area contributed by atoms with Gasteiger partial charge < -0.3 is 10.6 Å². The number of hydrogen-bond acceptors (Lipinski definition) is 5. The van der Waals surface area contributed by atoms with Crippen LogP contribution in [-0.2, 0) is 6.42 Å². The highest BCUT2D eigenvalue weighted by atomic mass is 15.3. The Balaban J connectivity index is 2.02. The number of likely N-dealkylation sites (N-methyl/N-ethyl adjacent to an activating group) is 1. The molecule has 1 atom stereocenters. The molecule has 2 heterocycles. The molecule has 1 unspecified atom stereocenters. The van der Waals surface area contributed by atoms with Crippen LogP contribution >= 0.6 is 0 Å². The molecule has 0 bridgehead atoms. The Bertz CT molecular complexity index is 364.